The molecule has 50 heavy (non-hydrogen) atoms. The van der Waals surface area contributed by atoms with Gasteiger partial charge in [0.05, 0.1) is 25.0 Å². The van der Waals surface area contributed by atoms with Crippen LogP contribution < -0.4 is 0 Å². The lowest BCUT2D eigenvalue weighted by Gasteiger charge is -2.46. The van der Waals surface area contributed by atoms with Gasteiger partial charge in [-0.1, -0.05) is 87.0 Å². The van der Waals surface area contributed by atoms with E-state index in [0.717, 1.165) is 38.5 Å². The second-order valence-electron chi connectivity index (χ2n) is 14.1. The third-order valence-corrected chi connectivity index (χ3v) is 8.50. The zero-order valence-corrected chi connectivity index (χ0v) is 30.6. The Labute approximate surface area is 295 Å². The van der Waals surface area contributed by atoms with Gasteiger partial charge in [0.1, 0.15) is 24.9 Å². The van der Waals surface area contributed by atoms with Crippen molar-refractivity contribution in [1.29, 1.82) is 0 Å². The first kappa shape index (κ1) is 43.8. The molecule has 0 spiro atoms. The molecule has 0 aliphatic carbocycles. The van der Waals surface area contributed by atoms with Gasteiger partial charge >= 0.3 is 23.9 Å². The first-order valence-corrected chi connectivity index (χ1v) is 18.0. The molecule has 0 bridgehead atoms. The first-order valence-electron chi connectivity index (χ1n) is 18.0. The summed E-state index contributed by atoms with van der Waals surface area (Å²) in [6.07, 6.45) is -6.26. The Hall–Kier alpha value is -2.40. The molecular weight excluding hydrogens is 660 g/mol. The highest BCUT2D eigenvalue weighted by atomic mass is 16.8. The second-order valence-corrected chi connectivity index (χ2v) is 14.1. The summed E-state index contributed by atoms with van der Waals surface area (Å²) >= 11 is 0. The summed E-state index contributed by atoms with van der Waals surface area (Å²) in [5.41, 5.74) is 0. The maximum absolute atomic E-state index is 13.3. The fraction of sp³-hybridized carbons (Fsp3) is 0.886. The summed E-state index contributed by atoms with van der Waals surface area (Å²) in [6.45, 7) is 9.35. The largest absolute Gasteiger partial charge is 0.455 e. The predicted octanol–water partition coefficient (Wildman–Crippen LogP) is 2.31. The lowest BCUT2D eigenvalue weighted by Crippen LogP contribution is -2.65. The topological polar surface area (TPSA) is 214 Å². The van der Waals surface area contributed by atoms with Crippen molar-refractivity contribution in [1.82, 2.24) is 0 Å². The summed E-state index contributed by atoms with van der Waals surface area (Å²) in [5, 5.41) is 42.0. The van der Waals surface area contributed by atoms with Gasteiger partial charge in [-0.05, 0) is 12.3 Å². The third kappa shape index (κ3) is 12.4. The van der Waals surface area contributed by atoms with Crippen molar-refractivity contribution in [3.8, 4) is 0 Å². The Morgan fingerprint density at radius 1 is 0.700 bits per heavy atom. The van der Waals surface area contributed by atoms with Crippen molar-refractivity contribution in [2.24, 2.45) is 17.8 Å². The van der Waals surface area contributed by atoms with Gasteiger partial charge in [0.15, 0.2) is 24.4 Å². The van der Waals surface area contributed by atoms with E-state index in [1.54, 1.807) is 41.5 Å². The van der Waals surface area contributed by atoms with Crippen LogP contribution in [0.5, 0.6) is 0 Å². The fourth-order valence-corrected chi connectivity index (χ4v) is 5.63. The second kappa shape index (κ2) is 21.2. The normalized spacial score (nSPS) is 29.7. The van der Waals surface area contributed by atoms with Crippen LogP contribution in [-0.2, 0) is 52.3 Å². The lowest BCUT2D eigenvalue weighted by atomic mass is 9.97. The first-order chi connectivity index (χ1) is 23.6. The summed E-state index contributed by atoms with van der Waals surface area (Å²) in [6, 6.07) is 0. The average Bonchev–Trinajstić information content (AvgIpc) is 3.32. The third-order valence-electron chi connectivity index (χ3n) is 8.50. The van der Waals surface area contributed by atoms with Crippen LogP contribution in [0.25, 0.3) is 0 Å². The molecule has 2 aliphatic rings. The van der Waals surface area contributed by atoms with E-state index in [1.165, 1.54) is 0 Å². The van der Waals surface area contributed by atoms with Gasteiger partial charge in [0.2, 0.25) is 12.1 Å². The fourth-order valence-electron chi connectivity index (χ4n) is 5.63. The van der Waals surface area contributed by atoms with Gasteiger partial charge in [0, 0.05) is 12.8 Å². The average molecular weight is 721 g/mol. The van der Waals surface area contributed by atoms with Crippen LogP contribution in [0.15, 0.2) is 0 Å². The van der Waals surface area contributed by atoms with E-state index in [2.05, 4.69) is 6.92 Å². The zero-order chi connectivity index (χ0) is 37.6. The standard InChI is InChI=1S/C35H60O15/c1-8-9-10-11-12-13-14-15-25(39)45-30-29(48-33(43)22(6)7)28(47-32(42)21(4)5)24(18-37)44-34(30)50-35(19-38)31(27(41)23(17-36)49-35)46-26(40)16-20(2)3/h20-24,27-31,34,36-38,41H,8-19H2,1-7H3/t23-,24+,27-,28+,29-,30+,31+,34+,35-/m0/s1. The maximum atomic E-state index is 13.3. The summed E-state index contributed by atoms with van der Waals surface area (Å²) in [5.74, 6) is -6.78. The van der Waals surface area contributed by atoms with Crippen molar-refractivity contribution in [2.45, 2.75) is 161 Å². The van der Waals surface area contributed by atoms with E-state index in [-0.39, 0.29) is 18.8 Å². The van der Waals surface area contributed by atoms with E-state index in [1.807, 2.05) is 0 Å². The number of esters is 4. The minimum Gasteiger partial charge on any atom is -0.455 e. The number of rotatable bonds is 21. The molecule has 4 N–H and O–H groups in total. The molecule has 0 aromatic rings. The highest BCUT2D eigenvalue weighted by Gasteiger charge is 2.62. The number of hydrogen-bond donors (Lipinski definition) is 4. The highest BCUT2D eigenvalue weighted by molar-refractivity contribution is 5.73. The van der Waals surface area contributed by atoms with E-state index in [0.29, 0.717) is 6.42 Å². The Morgan fingerprint density at radius 2 is 1.26 bits per heavy atom. The molecule has 0 saturated carbocycles. The maximum Gasteiger partial charge on any atom is 0.308 e. The number of aliphatic hydroxyl groups is 4. The van der Waals surface area contributed by atoms with Gasteiger partial charge in [-0.25, -0.2) is 0 Å². The molecular formula is C35H60O15. The molecule has 15 heteroatoms. The van der Waals surface area contributed by atoms with Gasteiger partial charge < -0.3 is 53.6 Å². The molecule has 0 aromatic heterocycles. The van der Waals surface area contributed by atoms with Crippen molar-refractivity contribution in [3.05, 3.63) is 0 Å². The number of ether oxygens (including phenoxy) is 7. The molecule has 0 amide bonds. The number of carbonyl (C=O) groups is 4. The van der Waals surface area contributed by atoms with Crippen molar-refractivity contribution < 1.29 is 72.8 Å². The molecule has 2 saturated heterocycles. The molecule has 2 aliphatic heterocycles. The van der Waals surface area contributed by atoms with Crippen LogP contribution in [0.1, 0.15) is 106 Å². The van der Waals surface area contributed by atoms with Crippen LogP contribution in [0, 0.1) is 17.8 Å². The van der Waals surface area contributed by atoms with E-state index in [9.17, 15) is 39.6 Å². The minimum atomic E-state index is -2.39. The molecule has 2 heterocycles. The van der Waals surface area contributed by atoms with E-state index >= 15 is 0 Å². The Kier molecular flexibility index (Phi) is 18.6. The van der Waals surface area contributed by atoms with E-state index < -0.39 is 110 Å². The zero-order valence-electron chi connectivity index (χ0n) is 30.6. The number of aliphatic hydroxyl groups excluding tert-OH is 4. The molecule has 2 rings (SSSR count). The molecule has 290 valence electrons. The van der Waals surface area contributed by atoms with Crippen LogP contribution >= 0.6 is 0 Å². The summed E-state index contributed by atoms with van der Waals surface area (Å²) in [7, 11) is 0. The highest BCUT2D eigenvalue weighted by Crippen LogP contribution is 2.40. The summed E-state index contributed by atoms with van der Waals surface area (Å²) in [4.78, 5) is 52.0. The number of unbranched alkanes of at least 4 members (excludes halogenated alkanes) is 6. The molecule has 15 nitrogen and oxygen atoms in total. The van der Waals surface area contributed by atoms with Crippen molar-refractivity contribution in [3.63, 3.8) is 0 Å². The van der Waals surface area contributed by atoms with Gasteiger partial charge in [0.25, 0.3) is 0 Å². The van der Waals surface area contributed by atoms with Crippen LogP contribution in [-0.4, -0.2) is 119 Å². The quantitative estimate of drug-likeness (QED) is 0.0761. The monoisotopic (exact) mass is 720 g/mol. The SMILES string of the molecule is CCCCCCCCCC(=O)O[C@H]1[C@@H](O[C@]2(CO)O[C@@H](CO)[C@H](O)[C@H]2OC(=O)CC(C)C)O[C@H](CO)[C@@H](OC(=O)C(C)C)[C@@H]1OC(=O)C(C)C. The van der Waals surface area contributed by atoms with Crippen LogP contribution in [0.2, 0.25) is 0 Å². The molecule has 0 aromatic carbocycles. The van der Waals surface area contributed by atoms with Crippen LogP contribution in [0.4, 0.5) is 0 Å². The van der Waals surface area contributed by atoms with Gasteiger partial charge in [-0.15, -0.1) is 0 Å². The van der Waals surface area contributed by atoms with Crippen molar-refractivity contribution in [2.75, 3.05) is 19.8 Å². The smallest absolute Gasteiger partial charge is 0.308 e. The number of hydrogen-bond acceptors (Lipinski definition) is 15. The number of carbonyl (C=O) groups excluding carboxylic acids is 4. The molecule has 0 unspecified atom stereocenters. The minimum absolute atomic E-state index is 0.0237. The van der Waals surface area contributed by atoms with Crippen LogP contribution in [0.3, 0.4) is 0 Å². The van der Waals surface area contributed by atoms with Gasteiger partial charge in [-0.3, -0.25) is 19.2 Å². The summed E-state index contributed by atoms with van der Waals surface area (Å²) < 4.78 is 40.8. The molecule has 0 radical (unpaired) electrons. The Bertz CT molecular complexity index is 1060. The van der Waals surface area contributed by atoms with Crippen molar-refractivity contribution >= 4 is 23.9 Å². The Balaban J connectivity index is 2.55. The Morgan fingerprint density at radius 3 is 1.78 bits per heavy atom. The lowest BCUT2D eigenvalue weighted by molar-refractivity contribution is -0.384. The molecule has 2 fully saturated rings. The van der Waals surface area contributed by atoms with Gasteiger partial charge in [-0.2, -0.15) is 0 Å². The molecule has 9 atom stereocenters. The predicted molar refractivity (Wildman–Crippen MR) is 176 cm³/mol. The van der Waals surface area contributed by atoms with E-state index in [4.69, 9.17) is 33.2 Å².